The van der Waals surface area contributed by atoms with Crippen LogP contribution in [-0.4, -0.2) is 38.3 Å². The van der Waals surface area contributed by atoms with Crippen LogP contribution in [0.4, 0.5) is 0 Å². The number of amides is 1. The molecule has 2 aliphatic carbocycles. The second-order valence-electron chi connectivity index (χ2n) is 7.05. The molecule has 0 aliphatic heterocycles. The van der Waals surface area contributed by atoms with Crippen LogP contribution < -0.4 is 15.8 Å². The van der Waals surface area contributed by atoms with Crippen LogP contribution in [0.1, 0.15) is 42.5 Å². The summed E-state index contributed by atoms with van der Waals surface area (Å²) in [7, 11) is 1.64. The van der Waals surface area contributed by atoms with Gasteiger partial charge in [-0.1, -0.05) is 12.5 Å². The minimum Gasteiger partial charge on any atom is -0.491 e. The van der Waals surface area contributed by atoms with Crippen molar-refractivity contribution in [2.24, 2.45) is 17.6 Å². The van der Waals surface area contributed by atoms with E-state index >= 15 is 0 Å². The van der Waals surface area contributed by atoms with Gasteiger partial charge in [-0.3, -0.25) is 4.79 Å². The Morgan fingerprint density at radius 2 is 1.96 bits per heavy atom. The summed E-state index contributed by atoms with van der Waals surface area (Å²) in [5.74, 6) is 1.74. The van der Waals surface area contributed by atoms with Gasteiger partial charge in [-0.25, -0.2) is 0 Å². The van der Waals surface area contributed by atoms with Gasteiger partial charge in [-0.15, -0.1) is 12.4 Å². The minimum absolute atomic E-state index is 0. The maximum absolute atomic E-state index is 12.7. The Bertz CT molecular complexity index is 555. The standard InChI is InChI=1S/C19H28N2O3.ClH/c1-23-8-9-24-17-7-3-6-15(12-17)19(22)21-18-13-4-2-5-14(18)11-16(20)10-13;/h3,6-7,12-14,16,18H,2,4-5,8-11,20H2,1H3,(H,21,22);1H. The first kappa shape index (κ1) is 20.0. The molecule has 2 bridgehead atoms. The highest BCUT2D eigenvalue weighted by atomic mass is 35.5. The van der Waals surface area contributed by atoms with E-state index in [9.17, 15) is 4.79 Å². The molecule has 6 heteroatoms. The summed E-state index contributed by atoms with van der Waals surface area (Å²) in [5, 5.41) is 3.28. The van der Waals surface area contributed by atoms with Gasteiger partial charge in [0.1, 0.15) is 12.4 Å². The number of methoxy groups -OCH3 is 1. The summed E-state index contributed by atoms with van der Waals surface area (Å²) in [5.41, 5.74) is 6.82. The zero-order chi connectivity index (χ0) is 16.9. The number of halogens is 1. The molecular weight excluding hydrogens is 340 g/mol. The summed E-state index contributed by atoms with van der Waals surface area (Å²) >= 11 is 0. The number of carbonyl (C=O) groups excluding carboxylic acids is 1. The van der Waals surface area contributed by atoms with Crippen molar-refractivity contribution in [2.75, 3.05) is 20.3 Å². The van der Waals surface area contributed by atoms with E-state index in [1.54, 1.807) is 13.2 Å². The van der Waals surface area contributed by atoms with E-state index in [0.717, 1.165) is 12.8 Å². The van der Waals surface area contributed by atoms with Gasteiger partial charge in [0.2, 0.25) is 0 Å². The number of fused-ring (bicyclic) bond motifs is 2. The van der Waals surface area contributed by atoms with Crippen molar-refractivity contribution in [3.63, 3.8) is 0 Å². The third-order valence-electron chi connectivity index (χ3n) is 5.33. The normalized spacial score (nSPS) is 27.9. The SMILES string of the molecule is COCCOc1cccc(C(=O)NC2C3CCCC2CC(N)C3)c1.Cl. The molecule has 0 radical (unpaired) electrons. The lowest BCUT2D eigenvalue weighted by molar-refractivity contribution is 0.0755. The molecule has 0 aromatic heterocycles. The molecule has 25 heavy (non-hydrogen) atoms. The lowest BCUT2D eigenvalue weighted by Gasteiger charge is -2.45. The first-order valence-corrected chi connectivity index (χ1v) is 8.95. The van der Waals surface area contributed by atoms with Crippen LogP contribution in [0.2, 0.25) is 0 Å². The number of benzene rings is 1. The average molecular weight is 369 g/mol. The predicted octanol–water partition coefficient (Wildman–Crippen LogP) is 2.77. The van der Waals surface area contributed by atoms with E-state index in [1.807, 2.05) is 18.2 Å². The van der Waals surface area contributed by atoms with Crippen LogP contribution in [0.3, 0.4) is 0 Å². The highest BCUT2D eigenvalue weighted by Crippen LogP contribution is 2.39. The topological polar surface area (TPSA) is 73.6 Å². The molecule has 140 valence electrons. The molecule has 1 aromatic rings. The largest absolute Gasteiger partial charge is 0.491 e. The molecule has 2 atom stereocenters. The van der Waals surface area contributed by atoms with Crippen molar-refractivity contribution in [1.29, 1.82) is 0 Å². The van der Waals surface area contributed by atoms with Crippen molar-refractivity contribution in [3.05, 3.63) is 29.8 Å². The fourth-order valence-corrected chi connectivity index (χ4v) is 4.23. The summed E-state index contributed by atoms with van der Waals surface area (Å²) in [4.78, 5) is 12.7. The molecule has 0 heterocycles. The molecule has 2 saturated carbocycles. The summed E-state index contributed by atoms with van der Waals surface area (Å²) in [6.07, 6.45) is 5.67. The average Bonchev–Trinajstić information content (AvgIpc) is 2.56. The van der Waals surface area contributed by atoms with Gasteiger partial charge < -0.3 is 20.5 Å². The quantitative estimate of drug-likeness (QED) is 0.757. The number of rotatable bonds is 6. The third kappa shape index (κ3) is 5.09. The van der Waals surface area contributed by atoms with Crippen LogP contribution in [0.15, 0.2) is 24.3 Å². The number of hydrogen-bond donors (Lipinski definition) is 2. The zero-order valence-corrected chi connectivity index (χ0v) is 15.6. The third-order valence-corrected chi connectivity index (χ3v) is 5.33. The Balaban J connectivity index is 0.00000225. The van der Waals surface area contributed by atoms with Crippen LogP contribution in [0, 0.1) is 11.8 Å². The predicted molar refractivity (Wildman–Crippen MR) is 100 cm³/mol. The van der Waals surface area contributed by atoms with Crippen LogP contribution >= 0.6 is 12.4 Å². The molecule has 0 saturated heterocycles. The molecule has 2 unspecified atom stereocenters. The monoisotopic (exact) mass is 368 g/mol. The second-order valence-corrected chi connectivity index (χ2v) is 7.05. The van der Waals surface area contributed by atoms with E-state index in [-0.39, 0.29) is 24.4 Å². The molecule has 5 nitrogen and oxygen atoms in total. The van der Waals surface area contributed by atoms with Gasteiger partial charge in [0.25, 0.3) is 5.91 Å². The molecule has 3 rings (SSSR count). The van der Waals surface area contributed by atoms with Crippen LogP contribution in [0.5, 0.6) is 5.75 Å². The zero-order valence-electron chi connectivity index (χ0n) is 14.8. The Hall–Kier alpha value is -1.30. The van der Waals surface area contributed by atoms with E-state index in [0.29, 0.717) is 42.4 Å². The van der Waals surface area contributed by atoms with Gasteiger partial charge in [0.05, 0.1) is 6.61 Å². The van der Waals surface area contributed by atoms with Gasteiger partial charge in [0, 0.05) is 24.8 Å². The first-order chi connectivity index (χ1) is 11.7. The van der Waals surface area contributed by atoms with Crippen molar-refractivity contribution >= 4 is 18.3 Å². The Morgan fingerprint density at radius 3 is 2.64 bits per heavy atom. The van der Waals surface area contributed by atoms with Crippen molar-refractivity contribution < 1.29 is 14.3 Å². The van der Waals surface area contributed by atoms with Crippen molar-refractivity contribution in [3.8, 4) is 5.75 Å². The van der Waals surface area contributed by atoms with Gasteiger partial charge in [-0.2, -0.15) is 0 Å². The lowest BCUT2D eigenvalue weighted by atomic mass is 9.67. The molecule has 0 spiro atoms. The highest BCUT2D eigenvalue weighted by molar-refractivity contribution is 5.94. The van der Waals surface area contributed by atoms with E-state index < -0.39 is 0 Å². The molecule has 3 N–H and O–H groups in total. The smallest absolute Gasteiger partial charge is 0.251 e. The van der Waals surface area contributed by atoms with E-state index in [1.165, 1.54) is 19.3 Å². The second kappa shape index (κ2) is 9.41. The Kier molecular flexibility index (Phi) is 7.54. The molecule has 1 aromatic carbocycles. The van der Waals surface area contributed by atoms with Crippen LogP contribution in [-0.2, 0) is 4.74 Å². The first-order valence-electron chi connectivity index (χ1n) is 8.95. The molecule has 2 aliphatic rings. The summed E-state index contributed by atoms with van der Waals surface area (Å²) in [6.45, 7) is 1.01. The van der Waals surface area contributed by atoms with Gasteiger partial charge >= 0.3 is 0 Å². The Morgan fingerprint density at radius 1 is 1.24 bits per heavy atom. The van der Waals surface area contributed by atoms with E-state index in [2.05, 4.69) is 5.32 Å². The number of carbonyl (C=O) groups is 1. The Labute approximate surface area is 156 Å². The lowest BCUT2D eigenvalue weighted by Crippen LogP contribution is -2.53. The molecule has 1 amide bonds. The maximum atomic E-state index is 12.7. The number of hydrogen-bond acceptors (Lipinski definition) is 4. The number of ether oxygens (including phenoxy) is 2. The van der Waals surface area contributed by atoms with E-state index in [4.69, 9.17) is 15.2 Å². The molecular formula is C19H29ClN2O3. The highest BCUT2D eigenvalue weighted by Gasteiger charge is 2.39. The number of nitrogens with one attached hydrogen (secondary N) is 1. The minimum atomic E-state index is -0.00966. The van der Waals surface area contributed by atoms with Gasteiger partial charge in [-0.05, 0) is 55.7 Å². The van der Waals surface area contributed by atoms with Crippen molar-refractivity contribution in [1.82, 2.24) is 5.32 Å². The van der Waals surface area contributed by atoms with Crippen LogP contribution in [0.25, 0.3) is 0 Å². The van der Waals surface area contributed by atoms with Gasteiger partial charge in [0.15, 0.2) is 0 Å². The van der Waals surface area contributed by atoms with Crippen molar-refractivity contribution in [2.45, 2.75) is 44.2 Å². The fourth-order valence-electron chi connectivity index (χ4n) is 4.23. The molecule has 2 fully saturated rings. The fraction of sp³-hybridized carbons (Fsp3) is 0.632. The maximum Gasteiger partial charge on any atom is 0.251 e. The number of nitrogens with two attached hydrogens (primary N) is 1. The summed E-state index contributed by atoms with van der Waals surface area (Å²) in [6, 6.07) is 7.92. The summed E-state index contributed by atoms with van der Waals surface area (Å²) < 4.78 is 10.6.